The number of carbonyl (C=O) groups excluding carboxylic acids is 1. The van der Waals surface area contributed by atoms with Crippen LogP contribution in [0.2, 0.25) is 0 Å². The molecule has 0 unspecified atom stereocenters. The first-order valence-electron chi connectivity index (χ1n) is 4.09. The number of carboxylic acid groups (broad SMARTS) is 2. The normalized spacial score (nSPS) is 11.6. The summed E-state index contributed by atoms with van der Waals surface area (Å²) < 4.78 is 0. The Morgan fingerprint density at radius 1 is 1.33 bits per heavy atom. The molecule has 0 radical (unpaired) electrons. The third-order valence-electron chi connectivity index (χ3n) is 1.73. The predicted molar refractivity (Wildman–Crippen MR) is 46.4 cm³/mol. The molecule has 0 bridgehead atoms. The van der Waals surface area contributed by atoms with Gasteiger partial charge in [-0.2, -0.15) is 0 Å². The summed E-state index contributed by atoms with van der Waals surface area (Å²) in [5.41, 5.74) is 1.26. The van der Waals surface area contributed by atoms with Gasteiger partial charge in [0.05, 0.1) is 6.42 Å². The van der Waals surface area contributed by atoms with Crippen LogP contribution in [-0.2, 0) is 9.59 Å². The quantitative estimate of drug-likeness (QED) is 0.359. The second-order valence-corrected chi connectivity index (χ2v) is 2.65. The standard InChI is InChI=1S/C7H12N2O6/c1-2-9(7(14)8-15)4(6(12)13)3-5(10)11/h4,15H,2-3H2,1H3,(H,8,14)(H,10,11)(H,12,13)/t4-/m0/s1. The molecule has 0 rings (SSSR count). The van der Waals surface area contributed by atoms with Gasteiger partial charge in [0.15, 0.2) is 0 Å². The highest BCUT2D eigenvalue weighted by molar-refractivity contribution is 5.85. The molecular formula is C7H12N2O6. The fraction of sp³-hybridized carbons (Fsp3) is 0.571. The molecule has 1 atom stereocenters. The molecule has 0 saturated carbocycles. The molecular weight excluding hydrogens is 208 g/mol. The number of likely N-dealkylation sites (N-methyl/N-ethyl adjacent to an activating group) is 1. The van der Waals surface area contributed by atoms with Gasteiger partial charge >= 0.3 is 18.0 Å². The Balaban J connectivity index is 4.77. The lowest BCUT2D eigenvalue weighted by Gasteiger charge is -2.25. The maximum Gasteiger partial charge on any atom is 0.341 e. The van der Waals surface area contributed by atoms with Crippen molar-refractivity contribution < 1.29 is 29.8 Å². The van der Waals surface area contributed by atoms with Gasteiger partial charge in [-0.25, -0.2) is 15.1 Å². The summed E-state index contributed by atoms with van der Waals surface area (Å²) in [6, 6.07) is -2.55. The zero-order chi connectivity index (χ0) is 12.0. The Morgan fingerprint density at radius 2 is 1.87 bits per heavy atom. The number of urea groups is 1. The molecule has 0 heterocycles. The third kappa shape index (κ3) is 3.81. The van der Waals surface area contributed by atoms with Crippen LogP contribution in [0, 0.1) is 0 Å². The Labute approximate surface area is 85.1 Å². The van der Waals surface area contributed by atoms with E-state index in [1.165, 1.54) is 12.4 Å². The zero-order valence-electron chi connectivity index (χ0n) is 8.01. The van der Waals surface area contributed by atoms with E-state index in [-0.39, 0.29) is 6.54 Å². The van der Waals surface area contributed by atoms with Gasteiger partial charge in [-0.05, 0) is 6.92 Å². The SMILES string of the molecule is CCN(C(=O)NO)[C@@H](CC(=O)O)C(=O)O. The molecule has 15 heavy (non-hydrogen) atoms. The first kappa shape index (κ1) is 13.2. The number of hydroxylamine groups is 1. The Morgan fingerprint density at radius 3 is 2.13 bits per heavy atom. The van der Waals surface area contributed by atoms with E-state index >= 15 is 0 Å². The van der Waals surface area contributed by atoms with Crippen molar-refractivity contribution >= 4 is 18.0 Å². The highest BCUT2D eigenvalue weighted by Crippen LogP contribution is 2.05. The minimum absolute atomic E-state index is 0.0311. The second-order valence-electron chi connectivity index (χ2n) is 2.65. The van der Waals surface area contributed by atoms with Crippen LogP contribution in [0.15, 0.2) is 0 Å². The van der Waals surface area contributed by atoms with Gasteiger partial charge in [0.1, 0.15) is 6.04 Å². The van der Waals surface area contributed by atoms with Crippen LogP contribution in [0.3, 0.4) is 0 Å². The number of hydrogen-bond acceptors (Lipinski definition) is 4. The first-order chi connectivity index (χ1) is 6.93. The Bertz CT molecular complexity index is 266. The predicted octanol–water partition coefficient (Wildman–Crippen LogP) is -0.665. The van der Waals surface area contributed by atoms with Crippen molar-refractivity contribution in [2.24, 2.45) is 0 Å². The average Bonchev–Trinajstić information content (AvgIpc) is 2.16. The summed E-state index contributed by atoms with van der Waals surface area (Å²) in [6.07, 6.45) is -0.726. The van der Waals surface area contributed by atoms with Gasteiger partial charge in [0, 0.05) is 6.54 Å². The summed E-state index contributed by atoms with van der Waals surface area (Å²) in [5.74, 6) is -2.78. The first-order valence-corrected chi connectivity index (χ1v) is 4.09. The molecule has 0 fully saturated rings. The van der Waals surface area contributed by atoms with Gasteiger partial charge in [-0.3, -0.25) is 10.0 Å². The maximum absolute atomic E-state index is 11.0. The smallest absolute Gasteiger partial charge is 0.341 e. The van der Waals surface area contributed by atoms with Crippen molar-refractivity contribution in [3.05, 3.63) is 0 Å². The number of carbonyl (C=O) groups is 3. The number of aliphatic carboxylic acids is 2. The van der Waals surface area contributed by atoms with Crippen molar-refractivity contribution in [1.82, 2.24) is 10.4 Å². The molecule has 8 nitrogen and oxygen atoms in total. The monoisotopic (exact) mass is 220 g/mol. The molecule has 0 aliphatic rings. The molecule has 0 spiro atoms. The molecule has 0 aromatic carbocycles. The van der Waals surface area contributed by atoms with E-state index in [1.807, 2.05) is 0 Å². The summed E-state index contributed by atoms with van der Waals surface area (Å²) in [4.78, 5) is 32.7. The van der Waals surface area contributed by atoms with Gasteiger partial charge in [0.25, 0.3) is 0 Å². The van der Waals surface area contributed by atoms with Crippen molar-refractivity contribution in [2.45, 2.75) is 19.4 Å². The summed E-state index contributed by atoms with van der Waals surface area (Å²) >= 11 is 0. The average molecular weight is 220 g/mol. The van der Waals surface area contributed by atoms with Crippen molar-refractivity contribution in [3.8, 4) is 0 Å². The summed E-state index contributed by atoms with van der Waals surface area (Å²) in [5, 5.41) is 25.5. The summed E-state index contributed by atoms with van der Waals surface area (Å²) in [6.45, 7) is 1.43. The van der Waals surface area contributed by atoms with Gasteiger partial charge in [0.2, 0.25) is 0 Å². The van der Waals surface area contributed by atoms with Crippen LogP contribution in [0.4, 0.5) is 4.79 Å². The largest absolute Gasteiger partial charge is 0.481 e. The fourth-order valence-corrected chi connectivity index (χ4v) is 1.07. The fourth-order valence-electron chi connectivity index (χ4n) is 1.07. The molecule has 8 heteroatoms. The molecule has 2 amide bonds. The minimum atomic E-state index is -1.50. The second kappa shape index (κ2) is 5.81. The van der Waals surface area contributed by atoms with Crippen LogP contribution >= 0.6 is 0 Å². The number of hydrogen-bond donors (Lipinski definition) is 4. The van der Waals surface area contributed by atoms with Crippen molar-refractivity contribution in [3.63, 3.8) is 0 Å². The van der Waals surface area contributed by atoms with E-state index in [0.29, 0.717) is 4.90 Å². The minimum Gasteiger partial charge on any atom is -0.481 e. The number of nitrogens with one attached hydrogen (secondary N) is 1. The number of nitrogens with zero attached hydrogens (tertiary/aromatic N) is 1. The highest BCUT2D eigenvalue weighted by atomic mass is 16.5. The molecule has 4 N–H and O–H groups in total. The third-order valence-corrected chi connectivity index (χ3v) is 1.73. The molecule has 0 aliphatic carbocycles. The summed E-state index contributed by atoms with van der Waals surface area (Å²) in [7, 11) is 0. The van der Waals surface area contributed by atoms with Crippen LogP contribution in [0.5, 0.6) is 0 Å². The van der Waals surface area contributed by atoms with E-state index in [9.17, 15) is 14.4 Å². The van der Waals surface area contributed by atoms with E-state index in [1.54, 1.807) is 0 Å². The number of carboxylic acids is 2. The molecule has 0 saturated heterocycles. The number of rotatable bonds is 5. The molecule has 0 aromatic rings. The lowest BCUT2D eigenvalue weighted by atomic mass is 10.2. The lowest BCUT2D eigenvalue weighted by molar-refractivity contribution is -0.148. The van der Waals surface area contributed by atoms with E-state index in [0.717, 1.165) is 0 Å². The van der Waals surface area contributed by atoms with Crippen molar-refractivity contribution in [2.75, 3.05) is 6.54 Å². The van der Waals surface area contributed by atoms with E-state index in [2.05, 4.69) is 0 Å². The topological polar surface area (TPSA) is 127 Å². The molecule has 0 aromatic heterocycles. The van der Waals surface area contributed by atoms with Crippen molar-refractivity contribution in [1.29, 1.82) is 0 Å². The van der Waals surface area contributed by atoms with Crippen LogP contribution in [0.25, 0.3) is 0 Å². The van der Waals surface area contributed by atoms with Gasteiger partial charge < -0.3 is 15.1 Å². The highest BCUT2D eigenvalue weighted by Gasteiger charge is 2.30. The van der Waals surface area contributed by atoms with Crippen LogP contribution in [0.1, 0.15) is 13.3 Å². The molecule has 86 valence electrons. The van der Waals surface area contributed by atoms with Gasteiger partial charge in [-0.1, -0.05) is 0 Å². The van der Waals surface area contributed by atoms with Crippen LogP contribution in [-0.4, -0.2) is 50.9 Å². The Hall–Kier alpha value is -1.83. The van der Waals surface area contributed by atoms with Gasteiger partial charge in [-0.15, -0.1) is 0 Å². The van der Waals surface area contributed by atoms with E-state index in [4.69, 9.17) is 15.4 Å². The maximum atomic E-state index is 11.0. The van der Waals surface area contributed by atoms with Crippen LogP contribution < -0.4 is 5.48 Å². The molecule has 0 aliphatic heterocycles. The van der Waals surface area contributed by atoms with E-state index < -0.39 is 30.4 Å². The zero-order valence-corrected chi connectivity index (χ0v) is 8.01. The lowest BCUT2D eigenvalue weighted by Crippen LogP contribution is -2.49. The number of amides is 2. The Kier molecular flexibility index (Phi) is 5.10.